The molecule has 1 aliphatic heterocycles. The van der Waals surface area contributed by atoms with Gasteiger partial charge in [0.05, 0.1) is 6.10 Å². The Labute approximate surface area is 126 Å². The van der Waals surface area contributed by atoms with Crippen molar-refractivity contribution in [2.24, 2.45) is 0 Å². The van der Waals surface area contributed by atoms with Crippen LogP contribution in [-0.2, 0) is 0 Å². The molecule has 0 aromatic heterocycles. The summed E-state index contributed by atoms with van der Waals surface area (Å²) in [4.78, 5) is 2.53. The fourth-order valence-electron chi connectivity index (χ4n) is 3.33. The minimum Gasteiger partial charge on any atom is -0.391 e. The minimum absolute atomic E-state index is 0.0479. The highest BCUT2D eigenvalue weighted by Crippen LogP contribution is 2.26. The van der Waals surface area contributed by atoms with Gasteiger partial charge >= 0.3 is 0 Å². The summed E-state index contributed by atoms with van der Waals surface area (Å²) >= 11 is 0. The molecule has 1 unspecified atom stereocenters. The molecular weight excluding hydrogens is 246 g/mol. The van der Waals surface area contributed by atoms with E-state index in [1.54, 1.807) is 0 Å². The minimum atomic E-state index is -0.174. The predicted octanol–water partition coefficient (Wildman–Crippen LogP) is 4.75. The van der Waals surface area contributed by atoms with Crippen molar-refractivity contribution in [2.45, 2.75) is 103 Å². The normalized spacial score (nSPS) is 19.8. The maximum atomic E-state index is 10.6. The van der Waals surface area contributed by atoms with Crippen LogP contribution >= 0.6 is 0 Å². The molecule has 1 rings (SSSR count). The van der Waals surface area contributed by atoms with Gasteiger partial charge in [0, 0.05) is 5.54 Å². The van der Waals surface area contributed by atoms with Gasteiger partial charge in [-0.15, -0.1) is 0 Å². The third kappa shape index (κ3) is 6.13. The fourth-order valence-corrected chi connectivity index (χ4v) is 3.33. The molecule has 0 spiro atoms. The molecule has 20 heavy (non-hydrogen) atoms. The van der Waals surface area contributed by atoms with Crippen LogP contribution in [0.15, 0.2) is 0 Å². The molecule has 0 amide bonds. The first-order valence-electron chi connectivity index (χ1n) is 9.02. The lowest BCUT2D eigenvalue weighted by Crippen LogP contribution is -2.52. The number of unbranched alkanes of at least 4 members (excludes halogenated alkanes) is 5. The van der Waals surface area contributed by atoms with Crippen molar-refractivity contribution in [3.05, 3.63) is 0 Å². The average molecular weight is 284 g/mol. The van der Waals surface area contributed by atoms with Crippen LogP contribution in [0.5, 0.6) is 0 Å². The topological polar surface area (TPSA) is 23.5 Å². The molecule has 1 atom stereocenters. The van der Waals surface area contributed by atoms with Crippen LogP contribution in [0.1, 0.15) is 91.4 Å². The molecule has 0 radical (unpaired) electrons. The maximum Gasteiger partial charge on any atom is 0.0718 e. The van der Waals surface area contributed by atoms with E-state index in [0.29, 0.717) is 0 Å². The molecule has 2 nitrogen and oxygen atoms in total. The highest BCUT2D eigenvalue weighted by Gasteiger charge is 2.33. The first-order valence-corrected chi connectivity index (χ1v) is 9.02. The van der Waals surface area contributed by atoms with Crippen LogP contribution in [0.25, 0.3) is 0 Å². The van der Waals surface area contributed by atoms with Gasteiger partial charge < -0.3 is 5.11 Å². The van der Waals surface area contributed by atoms with E-state index >= 15 is 0 Å². The van der Waals surface area contributed by atoms with Crippen molar-refractivity contribution >= 4 is 0 Å². The van der Waals surface area contributed by atoms with Gasteiger partial charge in [0.15, 0.2) is 0 Å². The molecule has 120 valence electrons. The van der Waals surface area contributed by atoms with Crippen molar-refractivity contribution in [3.8, 4) is 0 Å². The fraction of sp³-hybridized carbons (Fsp3) is 1.00. The summed E-state index contributed by atoms with van der Waals surface area (Å²) in [5, 5.41) is 10.6. The zero-order valence-corrected chi connectivity index (χ0v) is 14.2. The first-order chi connectivity index (χ1) is 9.59. The Morgan fingerprint density at radius 3 is 2.05 bits per heavy atom. The SMILES string of the molecule is CCCCCCCCC(O)C(C)(C)N1CCCCCC1. The standard InChI is InChI=1S/C18H37NO/c1-4-5-6-7-8-11-14-17(20)18(2,3)19-15-12-9-10-13-16-19/h17,20H,4-16H2,1-3H3. The quantitative estimate of drug-likeness (QED) is 0.617. The molecule has 0 bridgehead atoms. The zero-order chi connectivity index (χ0) is 14.8. The monoisotopic (exact) mass is 283 g/mol. The Morgan fingerprint density at radius 2 is 1.45 bits per heavy atom. The van der Waals surface area contributed by atoms with Crippen molar-refractivity contribution in [3.63, 3.8) is 0 Å². The molecule has 0 aliphatic carbocycles. The number of hydrogen-bond acceptors (Lipinski definition) is 2. The number of hydrogen-bond donors (Lipinski definition) is 1. The molecule has 0 aromatic rings. The van der Waals surface area contributed by atoms with Crippen molar-refractivity contribution in [2.75, 3.05) is 13.1 Å². The van der Waals surface area contributed by atoms with Gasteiger partial charge in [-0.25, -0.2) is 0 Å². The summed E-state index contributed by atoms with van der Waals surface area (Å²) < 4.78 is 0. The highest BCUT2D eigenvalue weighted by molar-refractivity contribution is 4.89. The third-order valence-electron chi connectivity index (χ3n) is 5.07. The second-order valence-corrected chi connectivity index (χ2v) is 7.13. The second-order valence-electron chi connectivity index (χ2n) is 7.13. The maximum absolute atomic E-state index is 10.6. The Bertz CT molecular complexity index is 232. The zero-order valence-electron chi connectivity index (χ0n) is 14.2. The largest absolute Gasteiger partial charge is 0.391 e. The van der Waals surface area contributed by atoms with E-state index in [1.807, 2.05) is 0 Å². The van der Waals surface area contributed by atoms with Gasteiger partial charge in [-0.1, -0.05) is 58.3 Å². The molecule has 1 aliphatic rings. The van der Waals surface area contributed by atoms with E-state index in [4.69, 9.17) is 0 Å². The van der Waals surface area contributed by atoms with Gasteiger partial charge in [-0.2, -0.15) is 0 Å². The summed E-state index contributed by atoms with van der Waals surface area (Å²) in [7, 11) is 0. The van der Waals surface area contributed by atoms with Gasteiger partial charge in [0.25, 0.3) is 0 Å². The van der Waals surface area contributed by atoms with Crippen molar-refractivity contribution in [1.29, 1.82) is 0 Å². The molecule has 0 saturated carbocycles. The van der Waals surface area contributed by atoms with Crippen LogP contribution in [0.3, 0.4) is 0 Å². The van der Waals surface area contributed by atoms with Crippen LogP contribution in [0.2, 0.25) is 0 Å². The van der Waals surface area contributed by atoms with E-state index in [1.165, 1.54) is 77.3 Å². The van der Waals surface area contributed by atoms with E-state index in [2.05, 4.69) is 25.7 Å². The molecule has 1 saturated heterocycles. The lowest BCUT2D eigenvalue weighted by molar-refractivity contribution is -0.0139. The smallest absolute Gasteiger partial charge is 0.0718 e. The predicted molar refractivity (Wildman–Crippen MR) is 88.1 cm³/mol. The van der Waals surface area contributed by atoms with Gasteiger partial charge in [0.2, 0.25) is 0 Å². The lowest BCUT2D eigenvalue weighted by atomic mass is 9.90. The van der Waals surface area contributed by atoms with Crippen molar-refractivity contribution < 1.29 is 5.11 Å². The second kappa shape index (κ2) is 9.78. The molecule has 1 fully saturated rings. The lowest BCUT2D eigenvalue weighted by Gasteiger charge is -2.41. The highest BCUT2D eigenvalue weighted by atomic mass is 16.3. The summed E-state index contributed by atoms with van der Waals surface area (Å²) in [6.07, 6.45) is 14.0. The number of aliphatic hydroxyl groups excluding tert-OH is 1. The van der Waals surface area contributed by atoms with Gasteiger partial charge in [-0.05, 0) is 46.2 Å². The Kier molecular flexibility index (Phi) is 8.79. The van der Waals surface area contributed by atoms with E-state index in [-0.39, 0.29) is 11.6 Å². The van der Waals surface area contributed by atoms with E-state index in [0.717, 1.165) is 6.42 Å². The summed E-state index contributed by atoms with van der Waals surface area (Å²) in [6, 6.07) is 0. The Balaban J connectivity index is 2.26. The first kappa shape index (κ1) is 18.0. The van der Waals surface area contributed by atoms with Gasteiger partial charge in [0.1, 0.15) is 0 Å². The third-order valence-corrected chi connectivity index (χ3v) is 5.07. The van der Waals surface area contributed by atoms with Gasteiger partial charge in [-0.3, -0.25) is 4.90 Å². The number of nitrogens with zero attached hydrogens (tertiary/aromatic N) is 1. The van der Waals surface area contributed by atoms with Crippen LogP contribution in [-0.4, -0.2) is 34.7 Å². The number of aliphatic hydroxyl groups is 1. The number of likely N-dealkylation sites (tertiary alicyclic amines) is 1. The van der Waals surface area contributed by atoms with E-state index in [9.17, 15) is 5.11 Å². The Hall–Kier alpha value is -0.0800. The summed E-state index contributed by atoms with van der Waals surface area (Å²) in [6.45, 7) is 9.06. The van der Waals surface area contributed by atoms with Crippen LogP contribution in [0, 0.1) is 0 Å². The summed E-state index contributed by atoms with van der Waals surface area (Å²) in [5.41, 5.74) is -0.0479. The molecule has 0 aromatic carbocycles. The van der Waals surface area contributed by atoms with Crippen molar-refractivity contribution in [1.82, 2.24) is 4.90 Å². The van der Waals surface area contributed by atoms with Crippen LogP contribution < -0.4 is 0 Å². The summed E-state index contributed by atoms with van der Waals surface area (Å²) in [5.74, 6) is 0. The average Bonchev–Trinajstić information content (AvgIpc) is 2.71. The molecule has 1 N–H and O–H groups in total. The van der Waals surface area contributed by atoms with E-state index < -0.39 is 0 Å². The number of rotatable bonds is 9. The molecular formula is C18H37NO. The Morgan fingerprint density at radius 1 is 0.900 bits per heavy atom. The molecule has 2 heteroatoms. The molecule has 1 heterocycles. The van der Waals surface area contributed by atoms with Crippen LogP contribution in [0.4, 0.5) is 0 Å².